The van der Waals surface area contributed by atoms with Gasteiger partial charge in [0.15, 0.2) is 0 Å². The van der Waals surface area contributed by atoms with Crippen LogP contribution in [0.25, 0.3) is 21.7 Å². The molecule has 0 aliphatic heterocycles. The molecular formula is C23H23N3O2. The summed E-state index contributed by atoms with van der Waals surface area (Å²) in [4.78, 5) is 15.2. The Kier molecular flexibility index (Phi) is 4.75. The standard InChI is InChI=1S/C23H23N3O2/c1-25(2)12-13-26-15-20(18-7-3-4-9-22(18)26)23(28)24-21-8-5-6-16-10-11-17(27)14-19(16)21/h3-11,14-15,27H,12-13H2,1-2H3,(H,24,28). The number of benzene rings is 3. The third kappa shape index (κ3) is 3.44. The second kappa shape index (κ2) is 7.37. The van der Waals surface area contributed by atoms with E-state index in [0.717, 1.165) is 34.8 Å². The van der Waals surface area contributed by atoms with Crippen LogP contribution in [0.15, 0.2) is 66.9 Å². The maximum absolute atomic E-state index is 13.1. The summed E-state index contributed by atoms with van der Waals surface area (Å²) in [5, 5.41) is 15.6. The molecule has 4 aromatic rings. The summed E-state index contributed by atoms with van der Waals surface area (Å²) in [6.45, 7) is 1.70. The van der Waals surface area contributed by atoms with Gasteiger partial charge in [0.25, 0.3) is 5.91 Å². The quantitative estimate of drug-likeness (QED) is 0.548. The van der Waals surface area contributed by atoms with Gasteiger partial charge in [0, 0.05) is 41.3 Å². The number of nitrogens with one attached hydrogen (secondary N) is 1. The first-order chi connectivity index (χ1) is 13.5. The number of carbonyl (C=O) groups is 1. The normalized spacial score (nSPS) is 11.4. The zero-order valence-corrected chi connectivity index (χ0v) is 16.0. The second-order valence-corrected chi connectivity index (χ2v) is 7.22. The summed E-state index contributed by atoms with van der Waals surface area (Å²) < 4.78 is 2.12. The summed E-state index contributed by atoms with van der Waals surface area (Å²) in [7, 11) is 4.07. The molecule has 0 unspecified atom stereocenters. The van der Waals surface area contributed by atoms with Gasteiger partial charge in [-0.25, -0.2) is 0 Å². The molecule has 0 saturated heterocycles. The number of fused-ring (bicyclic) bond motifs is 2. The molecule has 5 heteroatoms. The third-order valence-electron chi connectivity index (χ3n) is 4.94. The molecule has 1 aromatic heterocycles. The number of phenolic OH excluding ortho intramolecular Hbond substituents is 1. The molecule has 0 atom stereocenters. The first kappa shape index (κ1) is 18.1. The highest BCUT2D eigenvalue weighted by atomic mass is 16.3. The van der Waals surface area contributed by atoms with Gasteiger partial charge in [0.05, 0.1) is 5.56 Å². The Morgan fingerprint density at radius 2 is 1.86 bits per heavy atom. The predicted octanol–water partition coefficient (Wildman–Crippen LogP) is 4.31. The number of aromatic nitrogens is 1. The van der Waals surface area contributed by atoms with Crippen LogP contribution < -0.4 is 5.32 Å². The van der Waals surface area contributed by atoms with Gasteiger partial charge in [-0.2, -0.15) is 0 Å². The third-order valence-corrected chi connectivity index (χ3v) is 4.94. The van der Waals surface area contributed by atoms with Gasteiger partial charge in [0.1, 0.15) is 5.75 Å². The number of aromatic hydroxyl groups is 1. The lowest BCUT2D eigenvalue weighted by molar-refractivity contribution is 0.102. The molecule has 4 rings (SSSR count). The molecule has 0 aliphatic rings. The number of nitrogens with zero attached hydrogens (tertiary/aromatic N) is 2. The molecule has 1 heterocycles. The molecule has 2 N–H and O–H groups in total. The molecule has 5 nitrogen and oxygen atoms in total. The number of amides is 1. The molecule has 1 amide bonds. The van der Waals surface area contributed by atoms with E-state index in [1.54, 1.807) is 12.1 Å². The smallest absolute Gasteiger partial charge is 0.257 e. The van der Waals surface area contributed by atoms with Crippen LogP contribution in [-0.2, 0) is 6.54 Å². The lowest BCUT2D eigenvalue weighted by Crippen LogP contribution is -2.18. The van der Waals surface area contributed by atoms with Gasteiger partial charge in [-0.3, -0.25) is 4.79 Å². The van der Waals surface area contributed by atoms with Crippen molar-refractivity contribution in [2.75, 3.05) is 26.0 Å². The molecule has 0 spiro atoms. The van der Waals surface area contributed by atoms with Gasteiger partial charge in [-0.15, -0.1) is 0 Å². The highest BCUT2D eigenvalue weighted by Crippen LogP contribution is 2.28. The van der Waals surface area contributed by atoms with Crippen molar-refractivity contribution in [3.63, 3.8) is 0 Å². The number of carbonyl (C=O) groups excluding carboxylic acids is 1. The minimum absolute atomic E-state index is 0.157. The lowest BCUT2D eigenvalue weighted by Gasteiger charge is -2.11. The molecule has 0 radical (unpaired) electrons. The summed E-state index contributed by atoms with van der Waals surface area (Å²) in [6, 6.07) is 18.8. The minimum Gasteiger partial charge on any atom is -0.508 e. The maximum Gasteiger partial charge on any atom is 0.257 e. The monoisotopic (exact) mass is 373 g/mol. The highest BCUT2D eigenvalue weighted by molar-refractivity contribution is 6.15. The molecule has 0 bridgehead atoms. The maximum atomic E-state index is 13.1. The molecule has 142 valence electrons. The van der Waals surface area contributed by atoms with Gasteiger partial charge in [-0.1, -0.05) is 36.4 Å². The number of hydrogen-bond acceptors (Lipinski definition) is 3. The van der Waals surface area contributed by atoms with Crippen molar-refractivity contribution in [2.24, 2.45) is 0 Å². The molecule has 28 heavy (non-hydrogen) atoms. The van der Waals surface area contributed by atoms with Crippen LogP contribution in [0.5, 0.6) is 5.75 Å². The SMILES string of the molecule is CN(C)CCn1cc(C(=O)Nc2cccc3ccc(O)cc23)c2ccccc21. The Labute approximate surface area is 163 Å². The second-order valence-electron chi connectivity index (χ2n) is 7.22. The van der Waals surface area contributed by atoms with E-state index in [4.69, 9.17) is 0 Å². The summed E-state index contributed by atoms with van der Waals surface area (Å²) in [6.07, 6.45) is 1.92. The molecule has 3 aromatic carbocycles. The van der Waals surface area contributed by atoms with E-state index in [1.807, 2.05) is 68.8 Å². The van der Waals surface area contributed by atoms with Crippen LogP contribution in [0, 0.1) is 0 Å². The fourth-order valence-corrected chi connectivity index (χ4v) is 3.48. The van der Waals surface area contributed by atoms with Crippen molar-refractivity contribution in [2.45, 2.75) is 6.54 Å². The van der Waals surface area contributed by atoms with Gasteiger partial charge >= 0.3 is 0 Å². The van der Waals surface area contributed by atoms with Crippen molar-refractivity contribution < 1.29 is 9.90 Å². The van der Waals surface area contributed by atoms with Crippen LogP contribution in [0.4, 0.5) is 5.69 Å². The van der Waals surface area contributed by atoms with E-state index < -0.39 is 0 Å². The number of para-hydroxylation sites is 1. The zero-order valence-electron chi connectivity index (χ0n) is 16.0. The topological polar surface area (TPSA) is 57.5 Å². The fourth-order valence-electron chi connectivity index (χ4n) is 3.48. The lowest BCUT2D eigenvalue weighted by atomic mass is 10.1. The number of phenols is 1. The van der Waals surface area contributed by atoms with E-state index in [1.165, 1.54) is 0 Å². The van der Waals surface area contributed by atoms with Crippen LogP contribution in [-0.4, -0.2) is 41.1 Å². The predicted molar refractivity (Wildman–Crippen MR) is 114 cm³/mol. The largest absolute Gasteiger partial charge is 0.508 e. The van der Waals surface area contributed by atoms with E-state index in [9.17, 15) is 9.90 Å². The number of likely N-dealkylation sites (N-methyl/N-ethyl adjacent to an activating group) is 1. The Balaban J connectivity index is 1.71. The minimum atomic E-state index is -0.157. The van der Waals surface area contributed by atoms with Crippen molar-refractivity contribution in [1.82, 2.24) is 9.47 Å². The Hall–Kier alpha value is -3.31. The first-order valence-corrected chi connectivity index (χ1v) is 9.28. The van der Waals surface area contributed by atoms with Gasteiger partial charge < -0.3 is 19.9 Å². The highest BCUT2D eigenvalue weighted by Gasteiger charge is 2.16. The van der Waals surface area contributed by atoms with E-state index in [2.05, 4.69) is 14.8 Å². The number of hydrogen-bond donors (Lipinski definition) is 2. The average molecular weight is 373 g/mol. The summed E-state index contributed by atoms with van der Waals surface area (Å²) in [5.74, 6) is 0.0186. The first-order valence-electron chi connectivity index (χ1n) is 9.28. The summed E-state index contributed by atoms with van der Waals surface area (Å²) in [5.41, 5.74) is 2.38. The van der Waals surface area contributed by atoms with Crippen LogP contribution in [0.2, 0.25) is 0 Å². The molecule has 0 fully saturated rings. The average Bonchev–Trinajstić information content (AvgIpc) is 3.06. The number of anilines is 1. The molecular weight excluding hydrogens is 350 g/mol. The van der Waals surface area contributed by atoms with E-state index in [0.29, 0.717) is 11.3 Å². The van der Waals surface area contributed by atoms with Crippen LogP contribution >= 0.6 is 0 Å². The Morgan fingerprint density at radius 3 is 2.68 bits per heavy atom. The van der Waals surface area contributed by atoms with Crippen molar-refractivity contribution in [3.8, 4) is 5.75 Å². The van der Waals surface area contributed by atoms with E-state index in [-0.39, 0.29) is 11.7 Å². The fraction of sp³-hybridized carbons (Fsp3) is 0.174. The van der Waals surface area contributed by atoms with Crippen LogP contribution in [0.3, 0.4) is 0 Å². The van der Waals surface area contributed by atoms with Gasteiger partial charge in [-0.05, 0) is 43.7 Å². The van der Waals surface area contributed by atoms with E-state index >= 15 is 0 Å². The van der Waals surface area contributed by atoms with Crippen LogP contribution in [0.1, 0.15) is 10.4 Å². The Morgan fingerprint density at radius 1 is 1.04 bits per heavy atom. The van der Waals surface area contributed by atoms with Crippen molar-refractivity contribution in [3.05, 3.63) is 72.4 Å². The zero-order chi connectivity index (χ0) is 19.7. The van der Waals surface area contributed by atoms with Crippen molar-refractivity contribution >= 4 is 33.3 Å². The van der Waals surface area contributed by atoms with Gasteiger partial charge in [0.2, 0.25) is 0 Å². The molecule has 0 aliphatic carbocycles. The summed E-state index contributed by atoms with van der Waals surface area (Å²) >= 11 is 0. The number of rotatable bonds is 5. The molecule has 0 saturated carbocycles. The Bertz CT molecular complexity index is 1160. The van der Waals surface area contributed by atoms with Crippen molar-refractivity contribution in [1.29, 1.82) is 0 Å².